The fraction of sp³-hybridized carbons (Fsp3) is 0.167. The highest BCUT2D eigenvalue weighted by atomic mass is 32.1. The highest BCUT2D eigenvalue weighted by Crippen LogP contribution is 2.34. The quantitative estimate of drug-likeness (QED) is 0.848. The zero-order valence-electron chi connectivity index (χ0n) is 9.34. The third kappa shape index (κ3) is 2.29. The summed E-state index contributed by atoms with van der Waals surface area (Å²) >= 11 is 1.32. The van der Waals surface area contributed by atoms with Gasteiger partial charge in [0.05, 0.1) is 22.9 Å². The molecule has 2 N–H and O–H groups in total. The SMILES string of the molecule is CCOC(=O)c1csc(N)c1-c1ccccn1. The van der Waals surface area contributed by atoms with Gasteiger partial charge >= 0.3 is 5.97 Å². The molecule has 0 atom stereocenters. The topological polar surface area (TPSA) is 65.2 Å². The fourth-order valence-electron chi connectivity index (χ4n) is 1.51. The van der Waals surface area contributed by atoms with Crippen LogP contribution in [0.3, 0.4) is 0 Å². The standard InChI is InChI=1S/C12H12N2O2S/c1-2-16-12(15)8-7-17-11(13)10(8)9-5-3-4-6-14-9/h3-7H,2,13H2,1H3. The zero-order chi connectivity index (χ0) is 12.3. The molecule has 0 aliphatic carbocycles. The summed E-state index contributed by atoms with van der Waals surface area (Å²) in [6.45, 7) is 2.12. The van der Waals surface area contributed by atoms with Crippen LogP contribution in [0.1, 0.15) is 17.3 Å². The molecule has 0 aliphatic rings. The minimum absolute atomic E-state index is 0.343. The molecule has 2 aromatic rings. The van der Waals surface area contributed by atoms with Gasteiger partial charge in [0.15, 0.2) is 0 Å². The Morgan fingerprint density at radius 1 is 1.53 bits per heavy atom. The van der Waals surface area contributed by atoms with Crippen molar-refractivity contribution in [1.82, 2.24) is 4.98 Å². The van der Waals surface area contributed by atoms with Crippen molar-refractivity contribution in [2.75, 3.05) is 12.3 Å². The molecule has 0 unspecified atom stereocenters. The number of hydrogen-bond donors (Lipinski definition) is 1. The molecule has 88 valence electrons. The van der Waals surface area contributed by atoms with Crippen LogP contribution in [-0.2, 0) is 4.74 Å². The van der Waals surface area contributed by atoms with Gasteiger partial charge in [-0.25, -0.2) is 4.79 Å². The first-order valence-corrected chi connectivity index (χ1v) is 6.07. The molecule has 0 saturated heterocycles. The van der Waals surface area contributed by atoms with Crippen LogP contribution in [0.15, 0.2) is 29.8 Å². The monoisotopic (exact) mass is 248 g/mol. The molecule has 17 heavy (non-hydrogen) atoms. The van der Waals surface area contributed by atoms with Crippen LogP contribution in [0, 0.1) is 0 Å². The predicted molar refractivity (Wildman–Crippen MR) is 67.9 cm³/mol. The Labute approximate surface area is 103 Å². The average molecular weight is 248 g/mol. The van der Waals surface area contributed by atoms with Gasteiger partial charge in [-0.15, -0.1) is 11.3 Å². The molecule has 2 rings (SSSR count). The third-order valence-electron chi connectivity index (χ3n) is 2.24. The fourth-order valence-corrected chi connectivity index (χ4v) is 2.30. The van der Waals surface area contributed by atoms with Crippen molar-refractivity contribution >= 4 is 22.3 Å². The van der Waals surface area contributed by atoms with Gasteiger partial charge in [0.1, 0.15) is 0 Å². The minimum Gasteiger partial charge on any atom is -0.462 e. The third-order valence-corrected chi connectivity index (χ3v) is 3.05. The van der Waals surface area contributed by atoms with Gasteiger partial charge in [-0.3, -0.25) is 4.98 Å². The Balaban J connectivity index is 2.47. The second-order valence-corrected chi connectivity index (χ2v) is 4.24. The van der Waals surface area contributed by atoms with Crippen LogP contribution in [-0.4, -0.2) is 17.6 Å². The molecule has 0 fully saturated rings. The van der Waals surface area contributed by atoms with Gasteiger partial charge in [-0.1, -0.05) is 6.07 Å². The van der Waals surface area contributed by atoms with Crippen molar-refractivity contribution in [1.29, 1.82) is 0 Å². The molecule has 0 aliphatic heterocycles. The van der Waals surface area contributed by atoms with Gasteiger partial charge in [0, 0.05) is 17.1 Å². The molecule has 5 heteroatoms. The summed E-state index contributed by atoms with van der Waals surface area (Å²) in [4.78, 5) is 16.0. The lowest BCUT2D eigenvalue weighted by molar-refractivity contribution is 0.0528. The Morgan fingerprint density at radius 3 is 3.00 bits per heavy atom. The van der Waals surface area contributed by atoms with Crippen molar-refractivity contribution < 1.29 is 9.53 Å². The van der Waals surface area contributed by atoms with E-state index in [4.69, 9.17) is 10.5 Å². The van der Waals surface area contributed by atoms with E-state index < -0.39 is 0 Å². The molecule has 2 aromatic heterocycles. The molecular formula is C12H12N2O2S. The van der Waals surface area contributed by atoms with Gasteiger partial charge in [-0.05, 0) is 19.1 Å². The summed E-state index contributed by atoms with van der Waals surface area (Å²) in [5.41, 5.74) is 7.71. The van der Waals surface area contributed by atoms with E-state index in [9.17, 15) is 4.79 Å². The molecular weight excluding hydrogens is 236 g/mol. The lowest BCUT2D eigenvalue weighted by atomic mass is 10.1. The summed E-state index contributed by atoms with van der Waals surface area (Å²) in [5.74, 6) is -0.360. The number of thiophene rings is 1. The number of nitrogens with two attached hydrogens (primary N) is 1. The number of pyridine rings is 1. The van der Waals surface area contributed by atoms with Gasteiger partial charge in [-0.2, -0.15) is 0 Å². The molecule has 0 aromatic carbocycles. The molecule has 0 spiro atoms. The van der Waals surface area contributed by atoms with E-state index in [0.717, 1.165) is 0 Å². The van der Waals surface area contributed by atoms with Crippen LogP contribution in [0.25, 0.3) is 11.3 Å². The summed E-state index contributed by atoms with van der Waals surface area (Å²) in [6, 6.07) is 5.49. The van der Waals surface area contributed by atoms with Crippen molar-refractivity contribution in [3.63, 3.8) is 0 Å². The normalized spacial score (nSPS) is 10.2. The van der Waals surface area contributed by atoms with Crippen LogP contribution < -0.4 is 5.73 Å². The number of carbonyl (C=O) groups excluding carboxylic acids is 1. The van der Waals surface area contributed by atoms with Crippen LogP contribution in [0.5, 0.6) is 0 Å². The van der Waals surface area contributed by atoms with Crippen LogP contribution >= 0.6 is 11.3 Å². The van der Waals surface area contributed by atoms with Crippen molar-refractivity contribution in [2.24, 2.45) is 0 Å². The first-order chi connectivity index (χ1) is 8.24. The molecule has 2 heterocycles. The van der Waals surface area contributed by atoms with E-state index in [1.54, 1.807) is 18.5 Å². The lowest BCUT2D eigenvalue weighted by Gasteiger charge is -2.04. The van der Waals surface area contributed by atoms with Crippen LogP contribution in [0.4, 0.5) is 5.00 Å². The Morgan fingerprint density at radius 2 is 2.35 bits per heavy atom. The minimum atomic E-state index is -0.360. The average Bonchev–Trinajstić information content (AvgIpc) is 2.73. The Kier molecular flexibility index (Phi) is 3.39. The summed E-state index contributed by atoms with van der Waals surface area (Å²) in [5, 5.41) is 2.28. The van der Waals surface area contributed by atoms with Gasteiger partial charge in [0.2, 0.25) is 0 Å². The predicted octanol–water partition coefficient (Wildman–Crippen LogP) is 2.57. The van der Waals surface area contributed by atoms with Gasteiger partial charge < -0.3 is 10.5 Å². The summed E-state index contributed by atoms with van der Waals surface area (Å²) < 4.78 is 4.99. The van der Waals surface area contributed by atoms with Gasteiger partial charge in [0.25, 0.3) is 0 Å². The van der Waals surface area contributed by atoms with E-state index in [0.29, 0.717) is 28.4 Å². The summed E-state index contributed by atoms with van der Waals surface area (Å²) in [7, 11) is 0. The maximum Gasteiger partial charge on any atom is 0.339 e. The van der Waals surface area contributed by atoms with E-state index in [-0.39, 0.29) is 5.97 Å². The number of nitrogen functional groups attached to an aromatic ring is 1. The number of hydrogen-bond acceptors (Lipinski definition) is 5. The first kappa shape index (κ1) is 11.6. The van der Waals surface area contributed by atoms with Crippen molar-refractivity contribution in [3.05, 3.63) is 35.3 Å². The number of aromatic nitrogens is 1. The maximum absolute atomic E-state index is 11.8. The second-order valence-electron chi connectivity index (χ2n) is 3.32. The van der Waals surface area contributed by atoms with Crippen molar-refractivity contribution in [2.45, 2.75) is 6.92 Å². The van der Waals surface area contributed by atoms with E-state index in [2.05, 4.69) is 4.98 Å². The largest absolute Gasteiger partial charge is 0.462 e. The number of carbonyl (C=O) groups is 1. The Hall–Kier alpha value is -1.88. The molecule has 0 amide bonds. The van der Waals surface area contributed by atoms with Crippen LogP contribution in [0.2, 0.25) is 0 Å². The lowest BCUT2D eigenvalue weighted by Crippen LogP contribution is -2.05. The van der Waals surface area contributed by atoms with E-state index >= 15 is 0 Å². The zero-order valence-corrected chi connectivity index (χ0v) is 10.2. The smallest absolute Gasteiger partial charge is 0.339 e. The number of nitrogens with zero attached hydrogens (tertiary/aromatic N) is 1. The van der Waals surface area contributed by atoms with E-state index in [1.807, 2.05) is 18.2 Å². The number of esters is 1. The first-order valence-electron chi connectivity index (χ1n) is 5.19. The number of ether oxygens (including phenoxy) is 1. The molecule has 0 radical (unpaired) electrons. The van der Waals surface area contributed by atoms with Crippen molar-refractivity contribution in [3.8, 4) is 11.3 Å². The number of anilines is 1. The summed E-state index contributed by atoms with van der Waals surface area (Å²) in [6.07, 6.45) is 1.67. The molecule has 0 saturated carbocycles. The second kappa shape index (κ2) is 4.97. The highest BCUT2D eigenvalue weighted by molar-refractivity contribution is 7.15. The van der Waals surface area contributed by atoms with E-state index in [1.165, 1.54) is 11.3 Å². The highest BCUT2D eigenvalue weighted by Gasteiger charge is 2.19. The molecule has 4 nitrogen and oxygen atoms in total. The maximum atomic E-state index is 11.8. The Bertz CT molecular complexity index is 523. The number of rotatable bonds is 3. The molecule has 0 bridgehead atoms.